The summed E-state index contributed by atoms with van der Waals surface area (Å²) >= 11 is 0. The Morgan fingerprint density at radius 3 is 2.58 bits per heavy atom. The average Bonchev–Trinajstić information content (AvgIpc) is 2.93. The summed E-state index contributed by atoms with van der Waals surface area (Å²) in [5.41, 5.74) is 0.535. The average molecular weight is 462 g/mol. The number of alkyl halides is 2. The lowest BCUT2D eigenvalue weighted by Gasteiger charge is -2.23. The Labute approximate surface area is 189 Å². The van der Waals surface area contributed by atoms with Crippen molar-refractivity contribution in [3.8, 4) is 5.75 Å². The van der Waals surface area contributed by atoms with Gasteiger partial charge in [0.05, 0.1) is 11.7 Å². The van der Waals surface area contributed by atoms with E-state index in [0.29, 0.717) is 18.4 Å². The Morgan fingerprint density at radius 1 is 1.21 bits per heavy atom. The zero-order chi connectivity index (χ0) is 23.9. The monoisotopic (exact) mass is 462 g/mol. The minimum absolute atomic E-state index is 0.134. The maximum absolute atomic E-state index is 14.7. The number of hydrogen-bond donors (Lipinski definition) is 3. The van der Waals surface area contributed by atoms with Crippen LogP contribution in [0.5, 0.6) is 5.75 Å². The van der Waals surface area contributed by atoms with E-state index in [9.17, 15) is 28.2 Å². The number of aromatic carboxylic acids is 1. The SMILES string of the molecule is Cc1ccc(C(F)(F)C(O)/C=C/[C@@H]2[C@H]3CCc4ccc(C(=O)O)c(F)c4O[C@H]3C[C@H]2O)cc1. The Bertz CT molecular complexity index is 1070. The van der Waals surface area contributed by atoms with Crippen molar-refractivity contribution in [1.82, 2.24) is 0 Å². The molecule has 0 amide bonds. The number of carboxylic acid groups (broad SMARTS) is 1. The van der Waals surface area contributed by atoms with Crippen molar-refractivity contribution in [2.45, 2.75) is 50.4 Å². The van der Waals surface area contributed by atoms with E-state index >= 15 is 0 Å². The molecule has 5 atom stereocenters. The molecule has 1 heterocycles. The quantitative estimate of drug-likeness (QED) is 0.579. The zero-order valence-electron chi connectivity index (χ0n) is 17.9. The first-order valence-electron chi connectivity index (χ1n) is 10.8. The number of fused-ring (bicyclic) bond motifs is 2. The Morgan fingerprint density at radius 2 is 1.91 bits per heavy atom. The summed E-state index contributed by atoms with van der Waals surface area (Å²) in [6.45, 7) is 1.78. The summed E-state index contributed by atoms with van der Waals surface area (Å²) in [6.07, 6.45) is -0.233. The minimum atomic E-state index is -3.51. The highest BCUT2D eigenvalue weighted by molar-refractivity contribution is 5.88. The van der Waals surface area contributed by atoms with Crippen LogP contribution in [0.25, 0.3) is 0 Å². The fourth-order valence-electron chi connectivity index (χ4n) is 4.75. The summed E-state index contributed by atoms with van der Waals surface area (Å²) in [6, 6.07) is 8.32. The van der Waals surface area contributed by atoms with Crippen LogP contribution >= 0.6 is 0 Å². The molecule has 1 aliphatic heterocycles. The summed E-state index contributed by atoms with van der Waals surface area (Å²) in [4.78, 5) is 11.2. The number of halogens is 3. The second kappa shape index (κ2) is 8.83. The van der Waals surface area contributed by atoms with E-state index in [0.717, 1.165) is 11.6 Å². The first-order chi connectivity index (χ1) is 15.6. The summed E-state index contributed by atoms with van der Waals surface area (Å²) in [5, 5.41) is 29.9. The number of aliphatic hydroxyl groups excluding tert-OH is 2. The van der Waals surface area contributed by atoms with Gasteiger partial charge in [0, 0.05) is 23.8 Å². The standard InChI is InChI=1S/C25H25F3O5/c1-13-2-6-15(7-3-13)25(27,28)21(30)11-10-16-17-8-4-14-5-9-18(24(31)32)22(26)23(14)33-20(17)12-19(16)29/h2-3,5-7,9-11,16-17,19-21,29-30H,4,8,12H2,1H3,(H,31,32)/b11-10+/t16-,17-,19-,20+,21?/m1/s1. The van der Waals surface area contributed by atoms with Gasteiger partial charge in [-0.05, 0) is 31.4 Å². The van der Waals surface area contributed by atoms with Crippen molar-refractivity contribution in [2.75, 3.05) is 0 Å². The molecule has 33 heavy (non-hydrogen) atoms. The molecule has 5 nitrogen and oxygen atoms in total. The number of aliphatic hydroxyl groups is 2. The molecule has 0 bridgehead atoms. The van der Waals surface area contributed by atoms with Gasteiger partial charge in [0.25, 0.3) is 0 Å². The molecule has 0 spiro atoms. The number of hydrogen-bond acceptors (Lipinski definition) is 4. The Hall–Kier alpha value is -2.84. The molecule has 4 rings (SSSR count). The molecule has 2 aromatic rings. The molecule has 1 aliphatic carbocycles. The van der Waals surface area contributed by atoms with E-state index in [2.05, 4.69) is 0 Å². The summed E-state index contributed by atoms with van der Waals surface area (Å²) in [5.74, 6) is -6.89. The van der Waals surface area contributed by atoms with Gasteiger partial charge in [-0.2, -0.15) is 8.78 Å². The number of ether oxygens (including phenoxy) is 1. The second-order valence-electron chi connectivity index (χ2n) is 8.78. The van der Waals surface area contributed by atoms with E-state index in [1.54, 1.807) is 19.1 Å². The van der Waals surface area contributed by atoms with Gasteiger partial charge in [-0.15, -0.1) is 0 Å². The number of benzene rings is 2. The van der Waals surface area contributed by atoms with E-state index < -0.39 is 47.5 Å². The van der Waals surface area contributed by atoms with Crippen LogP contribution in [0.3, 0.4) is 0 Å². The van der Waals surface area contributed by atoms with Gasteiger partial charge in [-0.1, -0.05) is 48.0 Å². The number of carbonyl (C=O) groups is 1. The van der Waals surface area contributed by atoms with Gasteiger partial charge in [0.2, 0.25) is 0 Å². The molecule has 8 heteroatoms. The molecule has 0 saturated heterocycles. The number of aryl methyl sites for hydroxylation is 2. The highest BCUT2D eigenvalue weighted by Gasteiger charge is 2.45. The van der Waals surface area contributed by atoms with Crippen molar-refractivity contribution in [1.29, 1.82) is 0 Å². The van der Waals surface area contributed by atoms with Crippen LogP contribution in [0.15, 0.2) is 48.6 Å². The molecule has 1 unspecified atom stereocenters. The lowest BCUT2D eigenvalue weighted by molar-refractivity contribution is -0.0930. The van der Waals surface area contributed by atoms with Crippen molar-refractivity contribution < 1.29 is 38.0 Å². The van der Waals surface area contributed by atoms with Gasteiger partial charge in [-0.25, -0.2) is 9.18 Å². The molecular formula is C25H25F3O5. The molecule has 3 N–H and O–H groups in total. The Kier molecular flexibility index (Phi) is 6.24. The lowest BCUT2D eigenvalue weighted by atomic mass is 9.87. The third-order valence-electron chi connectivity index (χ3n) is 6.64. The maximum Gasteiger partial charge on any atom is 0.338 e. The summed E-state index contributed by atoms with van der Waals surface area (Å²) in [7, 11) is 0. The third-order valence-corrected chi connectivity index (χ3v) is 6.64. The van der Waals surface area contributed by atoms with Crippen LogP contribution in [0, 0.1) is 24.6 Å². The molecule has 1 fully saturated rings. The first kappa shape index (κ1) is 23.3. The van der Waals surface area contributed by atoms with Gasteiger partial charge in [-0.3, -0.25) is 0 Å². The fraction of sp³-hybridized carbons (Fsp3) is 0.400. The molecule has 176 valence electrons. The molecule has 2 aromatic carbocycles. The lowest BCUT2D eigenvalue weighted by Crippen LogP contribution is -2.30. The van der Waals surface area contributed by atoms with Crippen LogP contribution in [0.2, 0.25) is 0 Å². The van der Waals surface area contributed by atoms with Crippen molar-refractivity contribution in [3.63, 3.8) is 0 Å². The van der Waals surface area contributed by atoms with Gasteiger partial charge in [0.15, 0.2) is 11.6 Å². The third kappa shape index (κ3) is 4.37. The molecule has 2 aliphatic rings. The van der Waals surface area contributed by atoms with Crippen molar-refractivity contribution in [2.24, 2.45) is 11.8 Å². The summed E-state index contributed by atoms with van der Waals surface area (Å²) < 4.78 is 49.9. The fourth-order valence-corrected chi connectivity index (χ4v) is 4.75. The number of rotatable bonds is 5. The second-order valence-corrected chi connectivity index (χ2v) is 8.78. The van der Waals surface area contributed by atoms with E-state index in [-0.39, 0.29) is 23.7 Å². The van der Waals surface area contributed by atoms with Crippen LogP contribution in [-0.2, 0) is 12.3 Å². The minimum Gasteiger partial charge on any atom is -0.487 e. The molecule has 0 radical (unpaired) electrons. The predicted octanol–water partition coefficient (Wildman–Crippen LogP) is 4.23. The topological polar surface area (TPSA) is 87.0 Å². The molecule has 1 saturated carbocycles. The van der Waals surface area contributed by atoms with Crippen LogP contribution < -0.4 is 4.74 Å². The van der Waals surface area contributed by atoms with Gasteiger partial charge >= 0.3 is 11.9 Å². The van der Waals surface area contributed by atoms with Crippen LogP contribution in [-0.4, -0.2) is 39.6 Å². The molecular weight excluding hydrogens is 437 g/mol. The maximum atomic E-state index is 14.7. The largest absolute Gasteiger partial charge is 0.487 e. The smallest absolute Gasteiger partial charge is 0.338 e. The highest BCUT2D eigenvalue weighted by atomic mass is 19.3. The Balaban J connectivity index is 1.53. The normalized spacial score (nSPS) is 25.8. The van der Waals surface area contributed by atoms with Crippen molar-refractivity contribution >= 4 is 5.97 Å². The predicted molar refractivity (Wildman–Crippen MR) is 114 cm³/mol. The van der Waals surface area contributed by atoms with Crippen LogP contribution in [0.4, 0.5) is 13.2 Å². The molecule has 0 aromatic heterocycles. The van der Waals surface area contributed by atoms with E-state index in [1.165, 1.54) is 30.3 Å². The number of carboxylic acids is 1. The van der Waals surface area contributed by atoms with Crippen LogP contribution in [0.1, 0.15) is 39.9 Å². The zero-order valence-corrected chi connectivity index (χ0v) is 17.9. The van der Waals surface area contributed by atoms with Gasteiger partial charge < -0.3 is 20.1 Å². The highest BCUT2D eigenvalue weighted by Crippen LogP contribution is 2.44. The first-order valence-corrected chi connectivity index (χ1v) is 10.8. The van der Waals surface area contributed by atoms with Gasteiger partial charge in [0.1, 0.15) is 12.2 Å². The van der Waals surface area contributed by atoms with E-state index in [1.807, 2.05) is 0 Å². The van der Waals surface area contributed by atoms with E-state index in [4.69, 9.17) is 9.84 Å². The van der Waals surface area contributed by atoms with Crippen molar-refractivity contribution in [3.05, 3.63) is 76.6 Å².